The Balaban J connectivity index is 1.31. The van der Waals surface area contributed by atoms with E-state index in [1.807, 2.05) is 13.0 Å². The van der Waals surface area contributed by atoms with Crippen molar-refractivity contribution in [3.63, 3.8) is 0 Å². The smallest absolute Gasteiger partial charge is 0.246 e. The highest BCUT2D eigenvalue weighted by molar-refractivity contribution is 5.64. The van der Waals surface area contributed by atoms with Crippen LogP contribution in [-0.2, 0) is 4.74 Å². The van der Waals surface area contributed by atoms with Gasteiger partial charge in [0.05, 0.1) is 18.9 Å². The van der Waals surface area contributed by atoms with Crippen molar-refractivity contribution >= 4 is 17.3 Å². The summed E-state index contributed by atoms with van der Waals surface area (Å²) in [4.78, 5) is 6.57. The zero-order valence-electron chi connectivity index (χ0n) is 16.0. The van der Waals surface area contributed by atoms with Crippen LogP contribution in [0.2, 0.25) is 0 Å². The standard InChI is InChI=1S/C21H21F2N5O/c1-13-2-18(7-19(3-13)27-8-14(9-27)15-10-29-11-15)25-21-24-12-28(26-21)20-5-16(22)4-17(23)6-20/h2-7,12,14-15H,8-11H2,1H3,(H,25,26). The molecule has 1 aromatic heterocycles. The van der Waals surface area contributed by atoms with E-state index in [1.54, 1.807) is 0 Å². The minimum atomic E-state index is -0.658. The number of hydrogen-bond donors (Lipinski definition) is 1. The van der Waals surface area contributed by atoms with E-state index in [0.29, 0.717) is 17.8 Å². The van der Waals surface area contributed by atoms with Crippen molar-refractivity contribution in [1.29, 1.82) is 0 Å². The third-order valence-electron chi connectivity index (χ3n) is 5.53. The molecule has 0 saturated carbocycles. The molecule has 0 aliphatic carbocycles. The molecule has 5 rings (SSSR count). The van der Waals surface area contributed by atoms with Gasteiger partial charge in [0.25, 0.3) is 0 Å². The van der Waals surface area contributed by atoms with Gasteiger partial charge in [-0.3, -0.25) is 0 Å². The van der Waals surface area contributed by atoms with E-state index in [9.17, 15) is 8.78 Å². The maximum Gasteiger partial charge on any atom is 0.246 e. The van der Waals surface area contributed by atoms with E-state index in [4.69, 9.17) is 4.74 Å². The highest BCUT2D eigenvalue weighted by atomic mass is 19.1. The molecule has 0 atom stereocenters. The summed E-state index contributed by atoms with van der Waals surface area (Å²) in [5, 5.41) is 7.47. The Kier molecular flexibility index (Phi) is 4.43. The molecular formula is C21H21F2N5O. The minimum absolute atomic E-state index is 0.277. The van der Waals surface area contributed by atoms with Crippen LogP contribution in [-0.4, -0.2) is 41.1 Å². The molecule has 2 fully saturated rings. The summed E-state index contributed by atoms with van der Waals surface area (Å²) in [5.74, 6) is 0.461. The van der Waals surface area contributed by atoms with Crippen LogP contribution in [0.15, 0.2) is 42.7 Å². The molecule has 0 bridgehead atoms. The highest BCUT2D eigenvalue weighted by Gasteiger charge is 2.37. The molecule has 2 saturated heterocycles. The normalized spacial score (nSPS) is 17.1. The van der Waals surface area contributed by atoms with Gasteiger partial charge in [-0.05, 0) is 42.8 Å². The minimum Gasteiger partial charge on any atom is -0.381 e. The summed E-state index contributed by atoms with van der Waals surface area (Å²) in [5.41, 5.74) is 3.45. The lowest BCUT2D eigenvalue weighted by Crippen LogP contribution is -2.54. The summed E-state index contributed by atoms with van der Waals surface area (Å²) in [6, 6.07) is 9.50. The molecule has 0 spiro atoms. The second-order valence-corrected chi connectivity index (χ2v) is 7.79. The Labute approximate surface area is 167 Å². The molecule has 2 aliphatic rings. The fourth-order valence-corrected chi connectivity index (χ4v) is 3.81. The molecular weight excluding hydrogens is 376 g/mol. The first-order chi connectivity index (χ1) is 14.0. The molecule has 0 amide bonds. The molecule has 150 valence electrons. The summed E-state index contributed by atoms with van der Waals surface area (Å²) in [6.45, 7) is 5.93. The number of nitrogens with one attached hydrogen (secondary N) is 1. The number of benzene rings is 2. The van der Waals surface area contributed by atoms with E-state index in [1.165, 1.54) is 23.1 Å². The van der Waals surface area contributed by atoms with Gasteiger partial charge in [0, 0.05) is 42.4 Å². The van der Waals surface area contributed by atoms with Gasteiger partial charge in [0.1, 0.15) is 18.0 Å². The van der Waals surface area contributed by atoms with Crippen molar-refractivity contribution in [2.45, 2.75) is 6.92 Å². The topological polar surface area (TPSA) is 55.2 Å². The van der Waals surface area contributed by atoms with Gasteiger partial charge in [-0.1, -0.05) is 0 Å². The lowest BCUT2D eigenvalue weighted by Gasteiger charge is -2.47. The van der Waals surface area contributed by atoms with Crippen LogP contribution in [0.3, 0.4) is 0 Å². The van der Waals surface area contributed by atoms with Crippen LogP contribution in [0.4, 0.5) is 26.1 Å². The van der Waals surface area contributed by atoms with Gasteiger partial charge in [0.15, 0.2) is 0 Å². The first-order valence-electron chi connectivity index (χ1n) is 9.63. The number of nitrogens with zero attached hydrogens (tertiary/aromatic N) is 4. The van der Waals surface area contributed by atoms with Gasteiger partial charge in [0.2, 0.25) is 5.95 Å². The van der Waals surface area contributed by atoms with Crippen LogP contribution < -0.4 is 10.2 Å². The Morgan fingerprint density at radius 2 is 1.72 bits per heavy atom. The number of hydrogen-bond acceptors (Lipinski definition) is 5. The van der Waals surface area contributed by atoms with E-state index < -0.39 is 11.6 Å². The molecule has 6 nitrogen and oxygen atoms in total. The predicted octanol–water partition coefficient (Wildman–Crippen LogP) is 3.68. The van der Waals surface area contributed by atoms with Gasteiger partial charge in [-0.25, -0.2) is 13.5 Å². The summed E-state index contributed by atoms with van der Waals surface area (Å²) in [7, 11) is 0. The molecule has 2 aromatic carbocycles. The third kappa shape index (κ3) is 3.67. The zero-order chi connectivity index (χ0) is 20.0. The Bertz CT molecular complexity index is 1020. The van der Waals surface area contributed by atoms with Crippen molar-refractivity contribution in [3.05, 3.63) is 59.9 Å². The van der Waals surface area contributed by atoms with Gasteiger partial charge >= 0.3 is 0 Å². The SMILES string of the molecule is Cc1cc(Nc2ncn(-c3cc(F)cc(F)c3)n2)cc(N2CC(C3COC3)C2)c1. The fourth-order valence-electron chi connectivity index (χ4n) is 3.81. The fraction of sp³-hybridized carbons (Fsp3) is 0.333. The maximum absolute atomic E-state index is 13.4. The summed E-state index contributed by atoms with van der Waals surface area (Å²) in [6.07, 6.45) is 1.42. The van der Waals surface area contributed by atoms with Crippen molar-refractivity contribution in [3.8, 4) is 5.69 Å². The molecule has 3 heterocycles. The van der Waals surface area contributed by atoms with Crippen LogP contribution in [0, 0.1) is 30.4 Å². The number of ether oxygens (including phenoxy) is 1. The molecule has 3 aromatic rings. The van der Waals surface area contributed by atoms with Gasteiger partial charge < -0.3 is 15.0 Å². The number of aromatic nitrogens is 3. The average Bonchev–Trinajstić information content (AvgIpc) is 3.03. The molecule has 1 N–H and O–H groups in total. The Morgan fingerprint density at radius 1 is 0.966 bits per heavy atom. The summed E-state index contributed by atoms with van der Waals surface area (Å²) >= 11 is 0. The second-order valence-electron chi connectivity index (χ2n) is 7.79. The van der Waals surface area contributed by atoms with Crippen molar-refractivity contribution in [2.24, 2.45) is 11.8 Å². The monoisotopic (exact) mass is 397 g/mol. The van der Waals surface area contributed by atoms with Crippen LogP contribution in [0.1, 0.15) is 5.56 Å². The average molecular weight is 397 g/mol. The molecule has 0 radical (unpaired) electrons. The largest absolute Gasteiger partial charge is 0.381 e. The van der Waals surface area contributed by atoms with E-state index in [2.05, 4.69) is 32.4 Å². The number of anilines is 3. The Hall–Kier alpha value is -3.00. The van der Waals surface area contributed by atoms with Gasteiger partial charge in [-0.15, -0.1) is 5.10 Å². The maximum atomic E-state index is 13.4. The van der Waals surface area contributed by atoms with Gasteiger partial charge in [-0.2, -0.15) is 4.98 Å². The van der Waals surface area contributed by atoms with E-state index in [-0.39, 0.29) is 5.69 Å². The van der Waals surface area contributed by atoms with Crippen LogP contribution >= 0.6 is 0 Å². The number of rotatable bonds is 5. The third-order valence-corrected chi connectivity index (χ3v) is 5.53. The number of aryl methyl sites for hydroxylation is 1. The lowest BCUT2D eigenvalue weighted by atomic mass is 9.84. The second kappa shape index (κ2) is 7.11. The molecule has 8 heteroatoms. The lowest BCUT2D eigenvalue weighted by molar-refractivity contribution is -0.0659. The quantitative estimate of drug-likeness (QED) is 0.712. The van der Waals surface area contributed by atoms with Crippen LogP contribution in [0.5, 0.6) is 0 Å². The van der Waals surface area contributed by atoms with Crippen molar-refractivity contribution in [2.75, 3.05) is 36.5 Å². The van der Waals surface area contributed by atoms with E-state index in [0.717, 1.165) is 49.3 Å². The van der Waals surface area contributed by atoms with E-state index >= 15 is 0 Å². The zero-order valence-corrected chi connectivity index (χ0v) is 16.0. The predicted molar refractivity (Wildman–Crippen MR) is 106 cm³/mol. The first kappa shape index (κ1) is 18.1. The number of halogens is 2. The van der Waals surface area contributed by atoms with Crippen LogP contribution in [0.25, 0.3) is 5.69 Å². The first-order valence-corrected chi connectivity index (χ1v) is 9.63. The van der Waals surface area contributed by atoms with Crippen molar-refractivity contribution < 1.29 is 13.5 Å². The molecule has 29 heavy (non-hydrogen) atoms. The summed E-state index contributed by atoms with van der Waals surface area (Å²) < 4.78 is 33.5. The molecule has 0 unspecified atom stereocenters. The Morgan fingerprint density at radius 3 is 2.41 bits per heavy atom. The highest BCUT2D eigenvalue weighted by Crippen LogP contribution is 2.34. The van der Waals surface area contributed by atoms with Crippen molar-refractivity contribution in [1.82, 2.24) is 14.8 Å². The molecule has 2 aliphatic heterocycles.